The fourth-order valence-electron chi connectivity index (χ4n) is 1.59. The minimum Gasteiger partial charge on any atom is -0.389 e. The van der Waals surface area contributed by atoms with Crippen molar-refractivity contribution >= 4 is 5.91 Å². The van der Waals surface area contributed by atoms with Crippen molar-refractivity contribution in [3.8, 4) is 0 Å². The number of hydrogen-bond donors (Lipinski definition) is 2. The van der Waals surface area contributed by atoms with Crippen LogP contribution in [-0.2, 0) is 4.79 Å². The number of rotatable bonds is 6. The first-order valence-corrected chi connectivity index (χ1v) is 6.35. The second-order valence-corrected chi connectivity index (χ2v) is 5.56. The molecule has 0 saturated carbocycles. The summed E-state index contributed by atoms with van der Waals surface area (Å²) in [5, 5.41) is 13.2. The Morgan fingerprint density at radius 3 is 1.94 bits per heavy atom. The number of carbonyl (C=O) groups is 1. The minimum atomic E-state index is -0.884. The molecule has 1 atom stereocenters. The molecular formula is C13H28N2O2. The molecule has 4 nitrogen and oxygen atoms in total. The summed E-state index contributed by atoms with van der Waals surface area (Å²) in [5.74, 6) is 0.0762. The fourth-order valence-corrected chi connectivity index (χ4v) is 1.59. The first kappa shape index (κ1) is 16.4. The third kappa shape index (κ3) is 4.28. The van der Waals surface area contributed by atoms with Gasteiger partial charge in [-0.2, -0.15) is 0 Å². The Kier molecular flexibility index (Phi) is 5.62. The molecule has 0 aromatic rings. The molecule has 0 aliphatic heterocycles. The van der Waals surface area contributed by atoms with Crippen LogP contribution in [0, 0.1) is 0 Å². The largest absolute Gasteiger partial charge is 0.389 e. The third-order valence-electron chi connectivity index (χ3n) is 3.55. The van der Waals surface area contributed by atoms with Crippen molar-refractivity contribution in [2.45, 2.75) is 65.6 Å². The molecule has 2 N–H and O–H groups in total. The van der Waals surface area contributed by atoms with Crippen LogP contribution in [0.5, 0.6) is 0 Å². The maximum absolute atomic E-state index is 12.1. The maximum atomic E-state index is 12.1. The molecule has 0 saturated heterocycles. The van der Waals surface area contributed by atoms with Gasteiger partial charge in [0.05, 0.1) is 11.6 Å². The smallest absolute Gasteiger partial charge is 0.239 e. The van der Waals surface area contributed by atoms with E-state index in [1.165, 1.54) is 0 Å². The van der Waals surface area contributed by atoms with Crippen LogP contribution in [0.2, 0.25) is 0 Å². The summed E-state index contributed by atoms with van der Waals surface area (Å²) in [4.78, 5) is 13.9. The van der Waals surface area contributed by atoms with Gasteiger partial charge in [0.1, 0.15) is 0 Å². The van der Waals surface area contributed by atoms with E-state index in [0.717, 1.165) is 0 Å². The van der Waals surface area contributed by atoms with E-state index < -0.39 is 11.1 Å². The van der Waals surface area contributed by atoms with Gasteiger partial charge in [-0.3, -0.25) is 10.1 Å². The highest BCUT2D eigenvalue weighted by Crippen LogP contribution is 2.21. The number of likely N-dealkylation sites (N-methyl/N-ethyl adjacent to an activating group) is 1. The SMILES string of the molecule is CCN(CC)C(=O)C(C)NC(C)(C)C(C)(C)O. The number of nitrogens with zero attached hydrogens (tertiary/aromatic N) is 1. The average molecular weight is 244 g/mol. The molecule has 0 radical (unpaired) electrons. The summed E-state index contributed by atoms with van der Waals surface area (Å²) in [6.07, 6.45) is 0. The zero-order valence-corrected chi connectivity index (χ0v) is 12.3. The minimum absolute atomic E-state index is 0.0762. The van der Waals surface area contributed by atoms with Crippen molar-refractivity contribution in [2.75, 3.05) is 13.1 Å². The zero-order valence-electron chi connectivity index (χ0n) is 12.3. The molecule has 0 aliphatic carbocycles. The van der Waals surface area contributed by atoms with Gasteiger partial charge in [-0.25, -0.2) is 0 Å². The highest BCUT2D eigenvalue weighted by Gasteiger charge is 2.37. The van der Waals surface area contributed by atoms with Crippen molar-refractivity contribution in [1.29, 1.82) is 0 Å². The monoisotopic (exact) mass is 244 g/mol. The highest BCUT2D eigenvalue weighted by molar-refractivity contribution is 5.81. The molecule has 102 valence electrons. The highest BCUT2D eigenvalue weighted by atomic mass is 16.3. The van der Waals surface area contributed by atoms with Gasteiger partial charge in [0.2, 0.25) is 5.91 Å². The number of nitrogens with one attached hydrogen (secondary N) is 1. The quantitative estimate of drug-likeness (QED) is 0.742. The Morgan fingerprint density at radius 1 is 1.24 bits per heavy atom. The van der Waals surface area contributed by atoms with Gasteiger partial charge in [-0.15, -0.1) is 0 Å². The molecule has 4 heteroatoms. The van der Waals surface area contributed by atoms with E-state index >= 15 is 0 Å². The topological polar surface area (TPSA) is 52.6 Å². The Bertz CT molecular complexity index is 253. The molecule has 0 aromatic carbocycles. The summed E-state index contributed by atoms with van der Waals surface area (Å²) in [5.41, 5.74) is -1.40. The van der Waals surface area contributed by atoms with Crippen LogP contribution in [0.3, 0.4) is 0 Å². The number of carbonyl (C=O) groups excluding carboxylic acids is 1. The van der Waals surface area contributed by atoms with Crippen LogP contribution in [0.4, 0.5) is 0 Å². The Labute approximate surface area is 105 Å². The number of amides is 1. The summed E-state index contributed by atoms with van der Waals surface area (Å²) in [6, 6.07) is -0.295. The summed E-state index contributed by atoms with van der Waals surface area (Å²) >= 11 is 0. The van der Waals surface area contributed by atoms with Crippen molar-refractivity contribution in [3.05, 3.63) is 0 Å². The summed E-state index contributed by atoms with van der Waals surface area (Å²) in [6.45, 7) is 14.5. The van der Waals surface area contributed by atoms with E-state index in [4.69, 9.17) is 0 Å². The predicted octanol–water partition coefficient (Wildman–Crippen LogP) is 1.38. The Morgan fingerprint density at radius 2 is 1.65 bits per heavy atom. The first-order chi connectivity index (χ1) is 7.56. The van der Waals surface area contributed by atoms with Crippen LogP contribution >= 0.6 is 0 Å². The van der Waals surface area contributed by atoms with Crippen LogP contribution in [0.25, 0.3) is 0 Å². The van der Waals surface area contributed by atoms with Gasteiger partial charge in [0, 0.05) is 18.6 Å². The lowest BCUT2D eigenvalue weighted by molar-refractivity contribution is -0.134. The molecule has 1 unspecified atom stereocenters. The maximum Gasteiger partial charge on any atom is 0.239 e. The molecular weight excluding hydrogens is 216 g/mol. The standard InChI is InChI=1S/C13H28N2O2/c1-8-15(9-2)11(16)10(3)14-12(4,5)13(6,7)17/h10,14,17H,8-9H2,1-7H3. The Balaban J connectivity index is 4.65. The van der Waals surface area contributed by atoms with Crippen molar-refractivity contribution in [3.63, 3.8) is 0 Å². The van der Waals surface area contributed by atoms with E-state index in [0.29, 0.717) is 13.1 Å². The van der Waals surface area contributed by atoms with Crippen LogP contribution in [0.15, 0.2) is 0 Å². The van der Waals surface area contributed by atoms with E-state index in [1.54, 1.807) is 18.7 Å². The van der Waals surface area contributed by atoms with Gasteiger partial charge >= 0.3 is 0 Å². The van der Waals surface area contributed by atoms with Crippen LogP contribution < -0.4 is 5.32 Å². The number of aliphatic hydroxyl groups is 1. The summed E-state index contributed by atoms with van der Waals surface area (Å²) < 4.78 is 0. The zero-order chi connectivity index (χ0) is 13.9. The lowest BCUT2D eigenvalue weighted by Gasteiger charge is -2.40. The molecule has 17 heavy (non-hydrogen) atoms. The van der Waals surface area contributed by atoms with E-state index in [1.807, 2.05) is 34.6 Å². The molecule has 0 aromatic heterocycles. The molecule has 0 heterocycles. The van der Waals surface area contributed by atoms with Gasteiger partial charge in [-0.05, 0) is 48.5 Å². The third-order valence-corrected chi connectivity index (χ3v) is 3.55. The van der Waals surface area contributed by atoms with E-state index in [9.17, 15) is 9.90 Å². The fraction of sp³-hybridized carbons (Fsp3) is 0.923. The normalized spacial score (nSPS) is 14.6. The number of hydrogen-bond acceptors (Lipinski definition) is 3. The summed E-state index contributed by atoms with van der Waals surface area (Å²) in [7, 11) is 0. The van der Waals surface area contributed by atoms with Crippen LogP contribution in [-0.4, -0.2) is 46.2 Å². The molecule has 0 fully saturated rings. The van der Waals surface area contributed by atoms with E-state index in [2.05, 4.69) is 5.32 Å². The van der Waals surface area contributed by atoms with E-state index in [-0.39, 0.29) is 11.9 Å². The predicted molar refractivity (Wildman–Crippen MR) is 70.9 cm³/mol. The van der Waals surface area contributed by atoms with Crippen LogP contribution in [0.1, 0.15) is 48.5 Å². The van der Waals surface area contributed by atoms with Crippen molar-refractivity contribution in [1.82, 2.24) is 10.2 Å². The molecule has 0 aliphatic rings. The van der Waals surface area contributed by atoms with Crippen molar-refractivity contribution in [2.24, 2.45) is 0 Å². The second kappa shape index (κ2) is 5.83. The molecule has 1 amide bonds. The molecule has 0 spiro atoms. The Hall–Kier alpha value is -0.610. The lowest BCUT2D eigenvalue weighted by Crippen LogP contribution is -2.61. The van der Waals surface area contributed by atoms with Gasteiger partial charge < -0.3 is 10.0 Å². The second-order valence-electron chi connectivity index (χ2n) is 5.56. The van der Waals surface area contributed by atoms with Crippen molar-refractivity contribution < 1.29 is 9.90 Å². The van der Waals surface area contributed by atoms with Gasteiger partial charge in [0.15, 0.2) is 0 Å². The van der Waals surface area contributed by atoms with Gasteiger partial charge in [0.25, 0.3) is 0 Å². The lowest BCUT2D eigenvalue weighted by atomic mass is 9.85. The van der Waals surface area contributed by atoms with Gasteiger partial charge in [-0.1, -0.05) is 0 Å². The molecule has 0 bridgehead atoms. The molecule has 0 rings (SSSR count). The average Bonchev–Trinajstić information content (AvgIpc) is 2.16. The first-order valence-electron chi connectivity index (χ1n) is 6.35.